The zero-order chi connectivity index (χ0) is 12.1. The van der Waals surface area contributed by atoms with Gasteiger partial charge in [0.05, 0.1) is 17.7 Å². The summed E-state index contributed by atoms with van der Waals surface area (Å²) in [6.07, 6.45) is 0.914. The molecule has 0 spiro atoms. The molecule has 4 heteroatoms. The van der Waals surface area contributed by atoms with Crippen LogP contribution in [0.25, 0.3) is 0 Å². The van der Waals surface area contributed by atoms with Crippen molar-refractivity contribution in [1.29, 1.82) is 0 Å². The van der Waals surface area contributed by atoms with E-state index in [2.05, 4.69) is 32.8 Å². The fraction of sp³-hybridized carbons (Fsp3) is 0.231. The van der Waals surface area contributed by atoms with Gasteiger partial charge < -0.3 is 9.84 Å². The minimum Gasteiger partial charge on any atom is -0.492 e. The van der Waals surface area contributed by atoms with Crippen LogP contribution in [-0.2, 0) is 13.0 Å². The predicted molar refractivity (Wildman–Crippen MR) is 73.6 cm³/mol. The minimum absolute atomic E-state index is 0.0494. The predicted octanol–water partition coefficient (Wildman–Crippen LogP) is 3.62. The first-order valence-electron chi connectivity index (χ1n) is 5.33. The Labute approximate surface area is 113 Å². The van der Waals surface area contributed by atoms with Gasteiger partial charge in [-0.25, -0.2) is 0 Å². The van der Waals surface area contributed by atoms with E-state index in [0.29, 0.717) is 6.61 Å². The van der Waals surface area contributed by atoms with Gasteiger partial charge in [-0.2, -0.15) is 11.3 Å². The third-order valence-electron chi connectivity index (χ3n) is 2.41. The molecule has 0 unspecified atom stereocenters. The van der Waals surface area contributed by atoms with Gasteiger partial charge in [0.1, 0.15) is 5.75 Å². The number of rotatable bonds is 5. The van der Waals surface area contributed by atoms with E-state index in [-0.39, 0.29) is 6.61 Å². The molecule has 0 atom stereocenters. The van der Waals surface area contributed by atoms with Crippen molar-refractivity contribution in [3.05, 3.63) is 50.6 Å². The van der Waals surface area contributed by atoms with Crippen molar-refractivity contribution in [3.8, 4) is 5.75 Å². The van der Waals surface area contributed by atoms with Crippen molar-refractivity contribution in [2.75, 3.05) is 6.61 Å². The Kier molecular flexibility index (Phi) is 4.59. The number of hydrogen-bond donors (Lipinski definition) is 1. The maximum Gasteiger partial charge on any atom is 0.133 e. The quantitative estimate of drug-likeness (QED) is 0.913. The third-order valence-corrected chi connectivity index (χ3v) is 3.76. The lowest BCUT2D eigenvalue weighted by molar-refractivity contribution is 0.281. The maximum atomic E-state index is 8.99. The Bertz CT molecular complexity index is 468. The van der Waals surface area contributed by atoms with E-state index >= 15 is 0 Å². The molecule has 2 rings (SSSR count). The highest BCUT2D eigenvalue weighted by Gasteiger charge is 2.02. The van der Waals surface area contributed by atoms with Crippen LogP contribution in [0, 0.1) is 0 Å². The second-order valence-corrected chi connectivity index (χ2v) is 5.29. The number of benzene rings is 1. The lowest BCUT2D eigenvalue weighted by atomic mass is 10.2. The molecule has 17 heavy (non-hydrogen) atoms. The van der Waals surface area contributed by atoms with Crippen LogP contribution < -0.4 is 4.74 Å². The number of thiophene rings is 1. The second-order valence-electron chi connectivity index (χ2n) is 3.65. The summed E-state index contributed by atoms with van der Waals surface area (Å²) in [5, 5.41) is 13.2. The van der Waals surface area contributed by atoms with E-state index < -0.39 is 0 Å². The van der Waals surface area contributed by atoms with Gasteiger partial charge >= 0.3 is 0 Å². The monoisotopic (exact) mass is 312 g/mol. The molecular formula is C13H13BrO2S. The molecule has 0 fully saturated rings. The lowest BCUT2D eigenvalue weighted by Gasteiger charge is -2.08. The van der Waals surface area contributed by atoms with Crippen LogP contribution >= 0.6 is 27.3 Å². The molecule has 2 aromatic rings. The fourth-order valence-electron chi connectivity index (χ4n) is 1.47. The van der Waals surface area contributed by atoms with E-state index in [1.165, 1.54) is 5.56 Å². The number of halogens is 1. The fourth-order valence-corrected chi connectivity index (χ4v) is 2.72. The summed E-state index contributed by atoms with van der Waals surface area (Å²) in [4.78, 5) is 0. The van der Waals surface area contributed by atoms with Crippen molar-refractivity contribution in [3.63, 3.8) is 0 Å². The van der Waals surface area contributed by atoms with E-state index in [0.717, 1.165) is 22.2 Å². The second kappa shape index (κ2) is 6.19. The van der Waals surface area contributed by atoms with Crippen molar-refractivity contribution < 1.29 is 9.84 Å². The van der Waals surface area contributed by atoms with Gasteiger partial charge in [0.15, 0.2) is 0 Å². The van der Waals surface area contributed by atoms with Crippen LogP contribution in [0.4, 0.5) is 0 Å². The Morgan fingerprint density at radius 2 is 2.12 bits per heavy atom. The molecular weight excluding hydrogens is 300 g/mol. The Hall–Kier alpha value is -0.840. The van der Waals surface area contributed by atoms with Crippen molar-refractivity contribution in [1.82, 2.24) is 0 Å². The molecule has 0 saturated heterocycles. The molecule has 0 saturated carbocycles. The first kappa shape index (κ1) is 12.6. The molecule has 1 aromatic heterocycles. The number of aliphatic hydroxyl groups excluding tert-OH is 1. The zero-order valence-corrected chi connectivity index (χ0v) is 11.6. The Balaban J connectivity index is 1.90. The SMILES string of the molecule is OCc1ccc(OCCc2ccsc2)c(Br)c1. The molecule has 1 aromatic carbocycles. The average molecular weight is 313 g/mol. The van der Waals surface area contributed by atoms with Crippen LogP contribution in [0.15, 0.2) is 39.5 Å². The molecule has 0 aliphatic heterocycles. The van der Waals surface area contributed by atoms with Gasteiger partial charge in [-0.05, 0) is 56.0 Å². The highest BCUT2D eigenvalue weighted by molar-refractivity contribution is 9.10. The van der Waals surface area contributed by atoms with Gasteiger partial charge in [0.25, 0.3) is 0 Å². The van der Waals surface area contributed by atoms with Gasteiger partial charge in [-0.1, -0.05) is 6.07 Å². The molecule has 0 bridgehead atoms. The summed E-state index contributed by atoms with van der Waals surface area (Å²) in [5.41, 5.74) is 2.18. The van der Waals surface area contributed by atoms with Crippen LogP contribution in [0.2, 0.25) is 0 Å². The molecule has 0 radical (unpaired) electrons. The van der Waals surface area contributed by atoms with Crippen LogP contribution in [0.3, 0.4) is 0 Å². The van der Waals surface area contributed by atoms with E-state index in [4.69, 9.17) is 9.84 Å². The molecule has 0 aliphatic carbocycles. The molecule has 0 amide bonds. The summed E-state index contributed by atoms with van der Waals surface area (Å²) in [6.45, 7) is 0.710. The molecule has 2 nitrogen and oxygen atoms in total. The maximum absolute atomic E-state index is 8.99. The van der Waals surface area contributed by atoms with Crippen LogP contribution in [0.5, 0.6) is 5.75 Å². The number of hydrogen-bond acceptors (Lipinski definition) is 3. The molecule has 0 aliphatic rings. The summed E-state index contributed by atoms with van der Waals surface area (Å²) in [6, 6.07) is 7.73. The molecule has 1 heterocycles. The largest absolute Gasteiger partial charge is 0.492 e. The molecule has 90 valence electrons. The summed E-state index contributed by atoms with van der Waals surface area (Å²) in [5.74, 6) is 0.817. The first-order valence-corrected chi connectivity index (χ1v) is 7.06. The Morgan fingerprint density at radius 3 is 2.76 bits per heavy atom. The highest BCUT2D eigenvalue weighted by atomic mass is 79.9. The van der Waals surface area contributed by atoms with Crippen molar-refractivity contribution >= 4 is 27.3 Å². The normalized spacial score (nSPS) is 10.5. The van der Waals surface area contributed by atoms with Crippen LogP contribution in [-0.4, -0.2) is 11.7 Å². The van der Waals surface area contributed by atoms with Gasteiger partial charge in [0, 0.05) is 6.42 Å². The van der Waals surface area contributed by atoms with Gasteiger partial charge in [-0.3, -0.25) is 0 Å². The average Bonchev–Trinajstić information content (AvgIpc) is 2.84. The lowest BCUT2D eigenvalue weighted by Crippen LogP contribution is -2.01. The highest BCUT2D eigenvalue weighted by Crippen LogP contribution is 2.26. The number of aliphatic hydroxyl groups is 1. The van der Waals surface area contributed by atoms with Crippen molar-refractivity contribution in [2.24, 2.45) is 0 Å². The van der Waals surface area contributed by atoms with Crippen molar-refractivity contribution in [2.45, 2.75) is 13.0 Å². The van der Waals surface area contributed by atoms with E-state index in [1.54, 1.807) is 11.3 Å². The third kappa shape index (κ3) is 3.56. The summed E-state index contributed by atoms with van der Waals surface area (Å²) in [7, 11) is 0. The van der Waals surface area contributed by atoms with E-state index in [9.17, 15) is 0 Å². The topological polar surface area (TPSA) is 29.5 Å². The number of ether oxygens (including phenoxy) is 1. The smallest absolute Gasteiger partial charge is 0.133 e. The Morgan fingerprint density at radius 1 is 1.24 bits per heavy atom. The zero-order valence-electron chi connectivity index (χ0n) is 9.23. The first-order chi connectivity index (χ1) is 8.29. The standard InChI is InChI=1S/C13H13BrO2S/c14-12-7-11(8-15)1-2-13(12)16-5-3-10-4-6-17-9-10/h1-2,4,6-7,9,15H,3,5,8H2. The summed E-state index contributed by atoms with van der Waals surface area (Å²) < 4.78 is 6.57. The van der Waals surface area contributed by atoms with Gasteiger partial charge in [-0.15, -0.1) is 0 Å². The molecule has 1 N–H and O–H groups in total. The summed E-state index contributed by atoms with van der Waals surface area (Å²) >= 11 is 5.13. The van der Waals surface area contributed by atoms with E-state index in [1.807, 2.05) is 18.2 Å². The van der Waals surface area contributed by atoms with Gasteiger partial charge in [0.2, 0.25) is 0 Å². The van der Waals surface area contributed by atoms with Crippen LogP contribution in [0.1, 0.15) is 11.1 Å². The minimum atomic E-state index is 0.0494.